The summed E-state index contributed by atoms with van der Waals surface area (Å²) in [6.07, 6.45) is 8.02. The number of carbonyl (C=O) groups excluding carboxylic acids is 2. The summed E-state index contributed by atoms with van der Waals surface area (Å²) in [4.78, 5) is 29.9. The number of ether oxygens (including phenoxy) is 1. The van der Waals surface area contributed by atoms with Crippen LogP contribution in [0.4, 0.5) is 5.00 Å². The third kappa shape index (κ3) is 4.07. The van der Waals surface area contributed by atoms with E-state index in [1.165, 1.54) is 35.1 Å². The second kappa shape index (κ2) is 8.05. The summed E-state index contributed by atoms with van der Waals surface area (Å²) in [7, 11) is 3.30. The number of thiophene rings is 1. The Balaban J connectivity index is 1.65. The molecule has 0 unspecified atom stereocenters. The van der Waals surface area contributed by atoms with Crippen LogP contribution < -0.4 is 5.32 Å². The van der Waals surface area contributed by atoms with Crippen LogP contribution in [0.2, 0.25) is 0 Å². The molecule has 0 saturated carbocycles. The number of esters is 1. The van der Waals surface area contributed by atoms with Gasteiger partial charge in [-0.1, -0.05) is 11.8 Å². The maximum absolute atomic E-state index is 12.3. The van der Waals surface area contributed by atoms with E-state index in [-0.39, 0.29) is 11.9 Å². The van der Waals surface area contributed by atoms with Crippen LogP contribution in [0.1, 0.15) is 40.1 Å². The molecule has 1 amide bonds. The molecular weight excluding hydrogens is 358 g/mol. The van der Waals surface area contributed by atoms with Crippen LogP contribution in [0.5, 0.6) is 0 Å². The van der Waals surface area contributed by atoms with E-state index in [1.54, 1.807) is 6.20 Å². The van der Waals surface area contributed by atoms with Crippen molar-refractivity contribution in [2.75, 3.05) is 18.2 Å². The van der Waals surface area contributed by atoms with Gasteiger partial charge in [-0.25, -0.2) is 9.78 Å². The summed E-state index contributed by atoms with van der Waals surface area (Å²) in [5.74, 6) is 0.178. The van der Waals surface area contributed by atoms with Gasteiger partial charge in [0.1, 0.15) is 5.00 Å². The van der Waals surface area contributed by atoms with Gasteiger partial charge in [-0.05, 0) is 31.2 Å². The van der Waals surface area contributed by atoms with Crippen LogP contribution in [-0.2, 0) is 29.4 Å². The van der Waals surface area contributed by atoms with E-state index in [4.69, 9.17) is 4.74 Å². The number of nitrogens with zero attached hydrogens (tertiary/aromatic N) is 2. The lowest BCUT2D eigenvalue weighted by molar-refractivity contribution is -0.115. The molecule has 3 rings (SSSR count). The number of thioether (sulfide) groups is 1. The van der Waals surface area contributed by atoms with Crippen LogP contribution in [0.15, 0.2) is 17.6 Å². The first-order valence-electron chi connectivity index (χ1n) is 8.23. The van der Waals surface area contributed by atoms with E-state index >= 15 is 0 Å². The highest BCUT2D eigenvalue weighted by molar-refractivity contribution is 7.99. The quantitative estimate of drug-likeness (QED) is 0.616. The number of anilines is 1. The fraction of sp³-hybridized carbons (Fsp3) is 0.471. The lowest BCUT2D eigenvalue weighted by Gasteiger charge is -2.11. The van der Waals surface area contributed by atoms with Gasteiger partial charge in [0.25, 0.3) is 0 Å². The Hall–Kier alpha value is -1.80. The van der Waals surface area contributed by atoms with Crippen molar-refractivity contribution < 1.29 is 14.3 Å². The van der Waals surface area contributed by atoms with Crippen LogP contribution >= 0.6 is 23.1 Å². The standard InChI is InChI=1S/C17H21N3O3S2/c1-20-9-8-18-17(20)24-10-7-13(21)19-15-14(16(22)23-2)11-5-3-4-6-12(11)25-15/h8-9H,3-7,10H2,1-2H3,(H,19,21). The van der Waals surface area contributed by atoms with Crippen molar-refractivity contribution >= 4 is 40.0 Å². The number of rotatable bonds is 6. The maximum atomic E-state index is 12.3. The van der Waals surface area contributed by atoms with Crippen LogP contribution in [-0.4, -0.2) is 34.3 Å². The molecule has 0 radical (unpaired) electrons. The number of aryl methyl sites for hydroxylation is 2. The molecule has 1 N–H and O–H groups in total. The third-order valence-corrected chi connectivity index (χ3v) is 6.42. The normalized spacial score (nSPS) is 13.4. The molecule has 0 spiro atoms. The zero-order valence-corrected chi connectivity index (χ0v) is 16.0. The largest absolute Gasteiger partial charge is 0.465 e. The van der Waals surface area contributed by atoms with E-state index < -0.39 is 0 Å². The van der Waals surface area contributed by atoms with Gasteiger partial charge in [-0.2, -0.15) is 0 Å². The third-order valence-electron chi connectivity index (χ3n) is 4.15. The molecule has 1 aliphatic rings. The average molecular weight is 380 g/mol. The van der Waals surface area contributed by atoms with Crippen molar-refractivity contribution in [2.45, 2.75) is 37.3 Å². The molecule has 0 aliphatic heterocycles. The van der Waals surface area contributed by atoms with Crippen molar-refractivity contribution in [3.05, 3.63) is 28.4 Å². The molecule has 6 nitrogen and oxygen atoms in total. The highest BCUT2D eigenvalue weighted by atomic mass is 32.2. The van der Waals surface area contributed by atoms with Gasteiger partial charge in [0, 0.05) is 36.5 Å². The summed E-state index contributed by atoms with van der Waals surface area (Å²) in [5.41, 5.74) is 1.60. The van der Waals surface area contributed by atoms with Gasteiger partial charge in [-0.15, -0.1) is 11.3 Å². The minimum absolute atomic E-state index is 0.0922. The van der Waals surface area contributed by atoms with Gasteiger partial charge in [0.05, 0.1) is 12.7 Å². The maximum Gasteiger partial charge on any atom is 0.341 e. The van der Waals surface area contributed by atoms with Gasteiger partial charge in [-0.3, -0.25) is 4.79 Å². The van der Waals surface area contributed by atoms with Gasteiger partial charge >= 0.3 is 5.97 Å². The topological polar surface area (TPSA) is 73.2 Å². The molecule has 0 atom stereocenters. The van der Waals surface area contributed by atoms with E-state index in [0.717, 1.165) is 36.4 Å². The van der Waals surface area contributed by atoms with Gasteiger partial charge < -0.3 is 14.6 Å². The monoisotopic (exact) mass is 379 g/mol. The highest BCUT2D eigenvalue weighted by Crippen LogP contribution is 2.38. The number of carbonyl (C=O) groups is 2. The molecule has 25 heavy (non-hydrogen) atoms. The highest BCUT2D eigenvalue weighted by Gasteiger charge is 2.26. The molecular formula is C17H21N3O3S2. The Morgan fingerprint density at radius 1 is 1.40 bits per heavy atom. The molecule has 8 heteroatoms. The minimum atomic E-state index is -0.364. The molecule has 0 saturated heterocycles. The number of fused-ring (bicyclic) bond motifs is 1. The van der Waals surface area contributed by atoms with Crippen molar-refractivity contribution in [3.8, 4) is 0 Å². The van der Waals surface area contributed by atoms with Crippen LogP contribution in [0.25, 0.3) is 0 Å². The Kier molecular flexibility index (Phi) is 5.80. The SMILES string of the molecule is COC(=O)c1c(NC(=O)CCSc2nccn2C)sc2c1CCCC2. The Morgan fingerprint density at radius 2 is 2.20 bits per heavy atom. The lowest BCUT2D eigenvalue weighted by Crippen LogP contribution is -2.15. The lowest BCUT2D eigenvalue weighted by atomic mass is 9.95. The van der Waals surface area contributed by atoms with Crippen LogP contribution in [0.3, 0.4) is 0 Å². The van der Waals surface area contributed by atoms with E-state index in [9.17, 15) is 9.59 Å². The number of methoxy groups -OCH3 is 1. The van der Waals surface area contributed by atoms with Crippen molar-refractivity contribution in [1.29, 1.82) is 0 Å². The van der Waals surface area contributed by atoms with E-state index in [1.807, 2.05) is 17.8 Å². The Morgan fingerprint density at radius 3 is 2.92 bits per heavy atom. The van der Waals surface area contributed by atoms with Gasteiger partial charge in [0.2, 0.25) is 5.91 Å². The average Bonchev–Trinajstić information content (AvgIpc) is 3.17. The second-order valence-electron chi connectivity index (χ2n) is 5.87. The van der Waals surface area contributed by atoms with E-state index in [2.05, 4.69) is 10.3 Å². The minimum Gasteiger partial charge on any atom is -0.465 e. The number of amides is 1. The molecule has 134 valence electrons. The Bertz CT molecular complexity index is 782. The molecule has 0 fully saturated rings. The zero-order chi connectivity index (χ0) is 17.8. The Labute approximate surface area is 155 Å². The fourth-order valence-corrected chi connectivity index (χ4v) is 5.05. The smallest absolute Gasteiger partial charge is 0.341 e. The first-order chi connectivity index (χ1) is 12.1. The van der Waals surface area contributed by atoms with Crippen molar-refractivity contribution in [1.82, 2.24) is 9.55 Å². The zero-order valence-electron chi connectivity index (χ0n) is 14.3. The molecule has 2 aromatic rings. The summed E-state index contributed by atoms with van der Waals surface area (Å²) in [5, 5.41) is 4.43. The summed E-state index contributed by atoms with van der Waals surface area (Å²) in [6, 6.07) is 0. The predicted molar refractivity (Wildman–Crippen MR) is 99.5 cm³/mol. The number of imidazole rings is 1. The second-order valence-corrected chi connectivity index (χ2v) is 8.04. The summed E-state index contributed by atoms with van der Waals surface area (Å²) >= 11 is 3.05. The predicted octanol–water partition coefficient (Wildman–Crippen LogP) is 3.27. The molecule has 0 aromatic carbocycles. The number of hydrogen-bond acceptors (Lipinski definition) is 6. The first kappa shape index (κ1) is 18.0. The summed E-state index contributed by atoms with van der Waals surface area (Å²) < 4.78 is 6.85. The number of aromatic nitrogens is 2. The fourth-order valence-electron chi connectivity index (χ4n) is 2.89. The van der Waals surface area contributed by atoms with Crippen molar-refractivity contribution in [3.63, 3.8) is 0 Å². The summed E-state index contributed by atoms with van der Waals surface area (Å²) in [6.45, 7) is 0. The van der Waals surface area contributed by atoms with Crippen LogP contribution in [0, 0.1) is 0 Å². The van der Waals surface area contributed by atoms with Crippen molar-refractivity contribution in [2.24, 2.45) is 7.05 Å². The van der Waals surface area contributed by atoms with Gasteiger partial charge in [0.15, 0.2) is 5.16 Å². The molecule has 2 aromatic heterocycles. The number of nitrogens with one attached hydrogen (secondary N) is 1. The molecule has 2 heterocycles. The first-order valence-corrected chi connectivity index (χ1v) is 10.0. The van der Waals surface area contributed by atoms with E-state index in [0.29, 0.717) is 22.7 Å². The molecule has 1 aliphatic carbocycles. The molecule has 0 bridgehead atoms. The number of hydrogen-bond donors (Lipinski definition) is 1.